The Hall–Kier alpha value is -2.10. The third-order valence-electron chi connectivity index (χ3n) is 10.0. The number of hydrogen-bond acceptors (Lipinski definition) is 4. The molecule has 0 bridgehead atoms. The van der Waals surface area contributed by atoms with Crippen LogP contribution in [-0.2, 0) is 14.3 Å². The third-order valence-corrected chi connectivity index (χ3v) is 10.0. The van der Waals surface area contributed by atoms with E-state index in [-0.39, 0.29) is 23.4 Å². The van der Waals surface area contributed by atoms with E-state index in [0.29, 0.717) is 29.5 Å². The Bertz CT molecular complexity index is 976. The number of rotatable bonds is 4. The highest BCUT2D eigenvalue weighted by Crippen LogP contribution is 2.63. The van der Waals surface area contributed by atoms with E-state index in [0.717, 1.165) is 37.9 Å². The standard InChI is InChI=1S/C30H40O4/c1-18(31)28-11-12-29-27-17-21(20-5-7-23(33-4)8-6-20)15-22-16-24(34-19(2)32)9-10-25(22)26(27)13-14-30(28,29)3/h5-8,21,24,26-29H,9-17H2,1-4H3/t21-,24-,26+,27+,28+,29-,30+/m0/s1. The Kier molecular flexibility index (Phi) is 6.37. The summed E-state index contributed by atoms with van der Waals surface area (Å²) in [5.74, 6) is 3.70. The zero-order valence-electron chi connectivity index (χ0n) is 21.3. The van der Waals surface area contributed by atoms with E-state index in [1.807, 2.05) is 6.92 Å². The monoisotopic (exact) mass is 464 g/mol. The molecule has 0 saturated heterocycles. The SMILES string of the molecule is COc1ccc([C@H]2CC3=C(CC[C@H](OC(C)=O)C3)[C@H]3CC[C@]4(C)[C@@H](C(C)=O)CC[C@H]4[C@@H]3C2)cc1. The molecule has 0 aliphatic heterocycles. The average Bonchev–Trinajstić information content (AvgIpc) is 3.08. The average molecular weight is 465 g/mol. The lowest BCUT2D eigenvalue weighted by Crippen LogP contribution is -2.43. The molecule has 1 aromatic carbocycles. The molecule has 0 N–H and O–H groups in total. The van der Waals surface area contributed by atoms with Crippen molar-refractivity contribution >= 4 is 11.8 Å². The van der Waals surface area contributed by atoms with Gasteiger partial charge in [0.15, 0.2) is 0 Å². The van der Waals surface area contributed by atoms with Crippen molar-refractivity contribution in [1.29, 1.82) is 0 Å². The molecule has 4 aliphatic rings. The van der Waals surface area contributed by atoms with Crippen molar-refractivity contribution in [2.75, 3.05) is 7.11 Å². The summed E-state index contributed by atoms with van der Waals surface area (Å²) in [6.45, 7) is 5.77. The summed E-state index contributed by atoms with van der Waals surface area (Å²) < 4.78 is 11.1. The number of hydrogen-bond donors (Lipinski definition) is 0. The number of esters is 1. The number of carbonyl (C=O) groups is 2. The molecule has 0 unspecified atom stereocenters. The maximum Gasteiger partial charge on any atom is 0.302 e. The van der Waals surface area contributed by atoms with Gasteiger partial charge < -0.3 is 9.47 Å². The fraction of sp³-hybridized carbons (Fsp3) is 0.667. The van der Waals surface area contributed by atoms with Gasteiger partial charge >= 0.3 is 5.97 Å². The molecule has 184 valence electrons. The van der Waals surface area contributed by atoms with Gasteiger partial charge in [0.1, 0.15) is 17.6 Å². The Morgan fingerprint density at radius 1 is 1.00 bits per heavy atom. The van der Waals surface area contributed by atoms with Crippen LogP contribution >= 0.6 is 0 Å². The van der Waals surface area contributed by atoms with Crippen LogP contribution in [0.5, 0.6) is 5.75 Å². The number of benzene rings is 1. The second kappa shape index (κ2) is 9.17. The molecule has 2 saturated carbocycles. The first-order valence-corrected chi connectivity index (χ1v) is 13.3. The van der Waals surface area contributed by atoms with Crippen LogP contribution in [0.1, 0.15) is 90.0 Å². The smallest absolute Gasteiger partial charge is 0.302 e. The van der Waals surface area contributed by atoms with Crippen LogP contribution in [0.25, 0.3) is 0 Å². The number of fused-ring (bicyclic) bond motifs is 4. The Morgan fingerprint density at radius 2 is 1.76 bits per heavy atom. The van der Waals surface area contributed by atoms with Gasteiger partial charge in [-0.1, -0.05) is 30.2 Å². The number of allylic oxidation sites excluding steroid dienone is 1. The van der Waals surface area contributed by atoms with Gasteiger partial charge in [-0.15, -0.1) is 0 Å². The summed E-state index contributed by atoms with van der Waals surface area (Å²) in [7, 11) is 1.72. The Balaban J connectivity index is 1.51. The maximum absolute atomic E-state index is 12.6. The second-order valence-electron chi connectivity index (χ2n) is 11.7. The largest absolute Gasteiger partial charge is 0.497 e. The molecule has 4 nitrogen and oxygen atoms in total. The fourth-order valence-electron chi connectivity index (χ4n) is 8.55. The zero-order chi connectivity index (χ0) is 24.0. The summed E-state index contributed by atoms with van der Waals surface area (Å²) in [6.07, 6.45) is 9.79. The van der Waals surface area contributed by atoms with Crippen molar-refractivity contribution in [3.63, 3.8) is 0 Å². The van der Waals surface area contributed by atoms with Crippen LogP contribution in [0.2, 0.25) is 0 Å². The van der Waals surface area contributed by atoms with Gasteiger partial charge in [-0.2, -0.15) is 0 Å². The molecule has 0 aromatic heterocycles. The maximum atomic E-state index is 12.6. The van der Waals surface area contributed by atoms with E-state index in [2.05, 4.69) is 31.2 Å². The molecule has 0 amide bonds. The van der Waals surface area contributed by atoms with E-state index in [1.54, 1.807) is 18.3 Å². The molecular weight excluding hydrogens is 424 g/mol. The first kappa shape index (κ1) is 23.6. The summed E-state index contributed by atoms with van der Waals surface area (Å²) in [6, 6.07) is 8.65. The van der Waals surface area contributed by atoms with Gasteiger partial charge in [0.05, 0.1) is 7.11 Å². The molecule has 4 aliphatic carbocycles. The van der Waals surface area contributed by atoms with Gasteiger partial charge in [-0.3, -0.25) is 9.59 Å². The minimum Gasteiger partial charge on any atom is -0.497 e. The van der Waals surface area contributed by atoms with Crippen molar-refractivity contribution in [1.82, 2.24) is 0 Å². The Morgan fingerprint density at radius 3 is 2.44 bits per heavy atom. The minimum absolute atomic E-state index is 0.0201. The van der Waals surface area contributed by atoms with Crippen LogP contribution in [0.3, 0.4) is 0 Å². The van der Waals surface area contributed by atoms with Crippen molar-refractivity contribution < 1.29 is 19.1 Å². The van der Waals surface area contributed by atoms with Gasteiger partial charge in [0, 0.05) is 19.3 Å². The van der Waals surface area contributed by atoms with Crippen molar-refractivity contribution in [3.8, 4) is 5.75 Å². The molecule has 0 radical (unpaired) electrons. The van der Waals surface area contributed by atoms with Gasteiger partial charge in [0.25, 0.3) is 0 Å². The Labute approximate surface area is 204 Å². The van der Waals surface area contributed by atoms with Gasteiger partial charge in [0.2, 0.25) is 0 Å². The molecule has 1 aromatic rings. The van der Waals surface area contributed by atoms with Gasteiger partial charge in [-0.05, 0) is 105 Å². The van der Waals surface area contributed by atoms with E-state index in [9.17, 15) is 9.59 Å². The summed E-state index contributed by atoms with van der Waals surface area (Å²) in [5, 5.41) is 0. The number of ether oxygens (including phenoxy) is 2. The predicted molar refractivity (Wildman–Crippen MR) is 133 cm³/mol. The quantitative estimate of drug-likeness (QED) is 0.371. The van der Waals surface area contributed by atoms with E-state index >= 15 is 0 Å². The van der Waals surface area contributed by atoms with Crippen LogP contribution in [-0.4, -0.2) is 25.0 Å². The van der Waals surface area contributed by atoms with Crippen molar-refractivity contribution in [3.05, 3.63) is 41.0 Å². The first-order valence-electron chi connectivity index (χ1n) is 13.3. The molecule has 7 atom stereocenters. The van der Waals surface area contributed by atoms with Crippen molar-refractivity contribution in [2.24, 2.45) is 29.1 Å². The molecule has 4 heteroatoms. The molecule has 0 spiro atoms. The predicted octanol–water partition coefficient (Wildman–Crippen LogP) is 6.63. The summed E-state index contributed by atoms with van der Waals surface area (Å²) in [4.78, 5) is 24.3. The molecule has 2 fully saturated rings. The highest BCUT2D eigenvalue weighted by atomic mass is 16.5. The van der Waals surface area contributed by atoms with E-state index in [1.165, 1.54) is 38.2 Å². The number of ketones is 1. The lowest BCUT2D eigenvalue weighted by atomic mass is 9.55. The lowest BCUT2D eigenvalue weighted by Gasteiger charge is -2.49. The highest BCUT2D eigenvalue weighted by molar-refractivity contribution is 5.79. The first-order chi connectivity index (χ1) is 16.3. The second-order valence-corrected chi connectivity index (χ2v) is 11.7. The minimum atomic E-state index is -0.165. The van der Waals surface area contributed by atoms with E-state index in [4.69, 9.17) is 9.47 Å². The van der Waals surface area contributed by atoms with Crippen LogP contribution in [0.15, 0.2) is 35.4 Å². The highest BCUT2D eigenvalue weighted by Gasteiger charge is 2.56. The lowest BCUT2D eigenvalue weighted by molar-refractivity contribution is -0.146. The van der Waals surface area contributed by atoms with Crippen molar-refractivity contribution in [2.45, 2.75) is 90.6 Å². The topological polar surface area (TPSA) is 52.6 Å². The normalized spacial score (nSPS) is 37.2. The zero-order valence-corrected chi connectivity index (χ0v) is 21.3. The third kappa shape index (κ3) is 4.12. The number of carbonyl (C=O) groups excluding carboxylic acids is 2. The number of methoxy groups -OCH3 is 1. The van der Waals surface area contributed by atoms with Crippen LogP contribution in [0.4, 0.5) is 0 Å². The van der Waals surface area contributed by atoms with Gasteiger partial charge in [-0.25, -0.2) is 0 Å². The number of Topliss-reactive ketones (excluding diaryl/α,β-unsaturated/α-hetero) is 1. The molecule has 34 heavy (non-hydrogen) atoms. The van der Waals surface area contributed by atoms with E-state index < -0.39 is 0 Å². The molecule has 5 rings (SSSR count). The van der Waals surface area contributed by atoms with Crippen LogP contribution in [0, 0.1) is 29.1 Å². The molecular formula is C30H40O4. The van der Waals surface area contributed by atoms with Crippen LogP contribution < -0.4 is 4.74 Å². The molecule has 0 heterocycles. The summed E-state index contributed by atoms with van der Waals surface area (Å²) in [5.41, 5.74) is 4.77. The summed E-state index contributed by atoms with van der Waals surface area (Å²) >= 11 is 0. The fourth-order valence-corrected chi connectivity index (χ4v) is 8.55.